The number of hydrogen-bond donors (Lipinski definition) is 0. The minimum Gasteiger partial charge on any atom is -0.309 e. The van der Waals surface area contributed by atoms with Crippen molar-refractivity contribution in [3.63, 3.8) is 0 Å². The number of imidazole rings is 1. The van der Waals surface area contributed by atoms with Gasteiger partial charge in [0, 0.05) is 43.8 Å². The first-order valence-corrected chi connectivity index (χ1v) is 13.2. The summed E-state index contributed by atoms with van der Waals surface area (Å²) in [4.78, 5) is 15.3. The number of likely N-dealkylation sites (tertiary alicyclic amines) is 2. The summed E-state index contributed by atoms with van der Waals surface area (Å²) in [5, 5.41) is 0. The molecule has 3 aromatic rings. The Morgan fingerprint density at radius 2 is 1.55 bits per heavy atom. The lowest BCUT2D eigenvalue weighted by Crippen LogP contribution is -2.48. The summed E-state index contributed by atoms with van der Waals surface area (Å²) in [6, 6.07) is 16.4. The summed E-state index contributed by atoms with van der Waals surface area (Å²) in [5.74, 6) is 1.97. The molecule has 2 aromatic heterocycles. The summed E-state index contributed by atoms with van der Waals surface area (Å²) < 4.78 is 2.54. The summed E-state index contributed by atoms with van der Waals surface area (Å²) in [6.45, 7) is 6.13. The molecule has 174 valence electrons. The van der Waals surface area contributed by atoms with Gasteiger partial charge in [-0.1, -0.05) is 36.8 Å². The summed E-state index contributed by atoms with van der Waals surface area (Å²) in [7, 11) is 0. The predicted octanol–water partition coefficient (Wildman–Crippen LogP) is 5.04. The highest BCUT2D eigenvalue weighted by Crippen LogP contribution is 2.40. The third kappa shape index (κ3) is 4.45. The van der Waals surface area contributed by atoms with E-state index in [1.54, 1.807) is 0 Å². The topological polar surface area (TPSA) is 37.2 Å². The Kier molecular flexibility index (Phi) is 6.17. The Morgan fingerprint density at radius 3 is 2.27 bits per heavy atom. The van der Waals surface area contributed by atoms with Crippen molar-refractivity contribution in [2.75, 3.05) is 32.7 Å². The van der Waals surface area contributed by atoms with Gasteiger partial charge in [-0.2, -0.15) is 0 Å². The molecule has 5 heteroatoms. The van der Waals surface area contributed by atoms with Gasteiger partial charge < -0.3 is 14.4 Å². The van der Waals surface area contributed by atoms with Gasteiger partial charge in [-0.25, -0.2) is 9.97 Å². The van der Waals surface area contributed by atoms with Crippen molar-refractivity contribution in [1.82, 2.24) is 24.3 Å². The number of aromatic nitrogens is 3. The van der Waals surface area contributed by atoms with E-state index in [4.69, 9.17) is 9.97 Å². The van der Waals surface area contributed by atoms with Crippen molar-refractivity contribution >= 4 is 11.2 Å². The molecule has 2 aliphatic heterocycles. The zero-order chi connectivity index (χ0) is 22.0. The molecule has 0 bridgehead atoms. The van der Waals surface area contributed by atoms with Gasteiger partial charge in [-0.15, -0.1) is 0 Å². The Hall–Kier alpha value is -2.24. The number of nitrogens with zero attached hydrogens (tertiary/aromatic N) is 5. The second kappa shape index (κ2) is 9.55. The van der Waals surface area contributed by atoms with Crippen molar-refractivity contribution in [2.45, 2.75) is 69.4 Å². The van der Waals surface area contributed by atoms with Gasteiger partial charge >= 0.3 is 0 Å². The van der Waals surface area contributed by atoms with E-state index in [2.05, 4.69) is 50.8 Å². The van der Waals surface area contributed by atoms with Gasteiger partial charge in [-0.05, 0) is 75.7 Å². The molecule has 2 saturated heterocycles. The molecule has 0 unspecified atom stereocenters. The van der Waals surface area contributed by atoms with E-state index in [1.807, 2.05) is 12.3 Å². The van der Waals surface area contributed by atoms with Crippen molar-refractivity contribution in [1.29, 1.82) is 0 Å². The molecule has 5 nitrogen and oxygen atoms in total. The fourth-order valence-electron chi connectivity index (χ4n) is 6.21. The van der Waals surface area contributed by atoms with Crippen molar-refractivity contribution in [3.8, 4) is 0 Å². The van der Waals surface area contributed by atoms with E-state index in [0.717, 1.165) is 17.2 Å². The van der Waals surface area contributed by atoms with E-state index in [1.165, 1.54) is 95.5 Å². The molecule has 33 heavy (non-hydrogen) atoms. The molecule has 0 amide bonds. The first-order valence-electron chi connectivity index (χ1n) is 13.2. The zero-order valence-corrected chi connectivity index (χ0v) is 19.8. The molecule has 0 spiro atoms. The van der Waals surface area contributed by atoms with Crippen LogP contribution in [0.1, 0.15) is 68.3 Å². The highest BCUT2D eigenvalue weighted by molar-refractivity contribution is 5.71. The molecular formula is C28H37N5. The lowest BCUT2D eigenvalue weighted by atomic mass is 9.84. The molecule has 6 rings (SSSR count). The van der Waals surface area contributed by atoms with Crippen LogP contribution in [0.5, 0.6) is 0 Å². The van der Waals surface area contributed by atoms with Crippen molar-refractivity contribution in [3.05, 3.63) is 60.0 Å². The molecule has 1 saturated carbocycles. The smallest absolute Gasteiger partial charge is 0.160 e. The Morgan fingerprint density at radius 1 is 0.788 bits per heavy atom. The number of hydrogen-bond acceptors (Lipinski definition) is 4. The van der Waals surface area contributed by atoms with Gasteiger partial charge in [-0.3, -0.25) is 0 Å². The summed E-state index contributed by atoms with van der Waals surface area (Å²) >= 11 is 0. The molecule has 0 atom stereocenters. The predicted molar refractivity (Wildman–Crippen MR) is 134 cm³/mol. The first-order chi connectivity index (χ1) is 16.3. The molecular weight excluding hydrogens is 406 g/mol. The number of piperidine rings is 2. The number of benzene rings is 1. The van der Waals surface area contributed by atoms with E-state index < -0.39 is 0 Å². The van der Waals surface area contributed by atoms with Crippen molar-refractivity contribution in [2.24, 2.45) is 0 Å². The van der Waals surface area contributed by atoms with Crippen LogP contribution in [0.15, 0.2) is 48.7 Å². The van der Waals surface area contributed by atoms with Crippen LogP contribution in [0.2, 0.25) is 0 Å². The average molecular weight is 444 g/mol. The van der Waals surface area contributed by atoms with Gasteiger partial charge in [0.1, 0.15) is 11.3 Å². The molecule has 3 fully saturated rings. The SMILES string of the molecule is c1ccc(CCN2CCC(N3CCC(n4c(C5CCC5)nc5cccnc54)CC3)CC2)cc1. The Bertz CT molecular complexity index is 1040. The average Bonchev–Trinajstić information content (AvgIpc) is 3.21. The fraction of sp³-hybridized carbons (Fsp3) is 0.571. The first kappa shape index (κ1) is 21.3. The summed E-state index contributed by atoms with van der Waals surface area (Å²) in [6.07, 6.45) is 12.2. The number of pyridine rings is 1. The van der Waals surface area contributed by atoms with Crippen LogP contribution in [0.4, 0.5) is 0 Å². The van der Waals surface area contributed by atoms with Gasteiger partial charge in [0.2, 0.25) is 0 Å². The van der Waals surface area contributed by atoms with Crippen LogP contribution in [0.3, 0.4) is 0 Å². The maximum Gasteiger partial charge on any atom is 0.160 e. The van der Waals surface area contributed by atoms with Crippen LogP contribution < -0.4 is 0 Å². The van der Waals surface area contributed by atoms with Crippen LogP contribution in [0, 0.1) is 0 Å². The fourth-order valence-corrected chi connectivity index (χ4v) is 6.21. The normalized spacial score (nSPS) is 22.1. The monoisotopic (exact) mass is 443 g/mol. The second-order valence-electron chi connectivity index (χ2n) is 10.4. The molecule has 0 radical (unpaired) electrons. The maximum absolute atomic E-state index is 5.05. The minimum atomic E-state index is 0.558. The molecule has 4 heterocycles. The lowest BCUT2D eigenvalue weighted by molar-refractivity contribution is 0.0793. The Labute approximate surface area is 197 Å². The standard InChI is InChI=1S/C28H37N5/c1-2-6-22(7-3-1)11-17-31-18-12-24(13-19-31)32-20-14-25(15-21-32)33-27(23-8-4-9-23)30-26-10-5-16-29-28(26)33/h1-3,5-7,10,16,23-25H,4,8-9,11-15,17-21H2. The van der Waals surface area contributed by atoms with Gasteiger partial charge in [0.25, 0.3) is 0 Å². The van der Waals surface area contributed by atoms with E-state index in [0.29, 0.717) is 12.0 Å². The van der Waals surface area contributed by atoms with Crippen LogP contribution in [0.25, 0.3) is 11.2 Å². The second-order valence-corrected chi connectivity index (χ2v) is 10.4. The third-order valence-electron chi connectivity index (χ3n) is 8.44. The van der Waals surface area contributed by atoms with Crippen LogP contribution in [-0.4, -0.2) is 63.1 Å². The Balaban J connectivity index is 1.04. The molecule has 3 aliphatic rings. The zero-order valence-electron chi connectivity index (χ0n) is 19.8. The number of rotatable bonds is 6. The van der Waals surface area contributed by atoms with Crippen LogP contribution >= 0.6 is 0 Å². The maximum atomic E-state index is 5.05. The molecule has 1 aromatic carbocycles. The highest BCUT2D eigenvalue weighted by atomic mass is 15.2. The van der Waals surface area contributed by atoms with Gasteiger partial charge in [0.15, 0.2) is 5.65 Å². The van der Waals surface area contributed by atoms with Crippen molar-refractivity contribution < 1.29 is 0 Å². The van der Waals surface area contributed by atoms with E-state index >= 15 is 0 Å². The van der Waals surface area contributed by atoms with E-state index in [-0.39, 0.29) is 0 Å². The summed E-state index contributed by atoms with van der Waals surface area (Å²) in [5.41, 5.74) is 3.67. The molecule has 0 N–H and O–H groups in total. The minimum absolute atomic E-state index is 0.558. The van der Waals surface area contributed by atoms with E-state index in [9.17, 15) is 0 Å². The lowest BCUT2D eigenvalue weighted by Gasteiger charge is -2.42. The quantitative estimate of drug-likeness (QED) is 0.535. The number of fused-ring (bicyclic) bond motifs is 1. The third-order valence-corrected chi connectivity index (χ3v) is 8.44. The van der Waals surface area contributed by atoms with Gasteiger partial charge in [0.05, 0.1) is 0 Å². The van der Waals surface area contributed by atoms with Crippen LogP contribution in [-0.2, 0) is 6.42 Å². The molecule has 1 aliphatic carbocycles. The largest absolute Gasteiger partial charge is 0.309 e. The highest BCUT2D eigenvalue weighted by Gasteiger charge is 2.33.